The van der Waals surface area contributed by atoms with Crippen molar-refractivity contribution >= 4 is 35.3 Å². The van der Waals surface area contributed by atoms with Crippen molar-refractivity contribution in [3.63, 3.8) is 0 Å². The second-order valence-corrected chi connectivity index (χ2v) is 8.81. The Bertz CT molecular complexity index is 1140. The van der Waals surface area contributed by atoms with Crippen LogP contribution in [0.1, 0.15) is 30.3 Å². The van der Waals surface area contributed by atoms with E-state index in [9.17, 15) is 14.4 Å². The molecular formula is C23H26N6O3S. The Morgan fingerprint density at radius 2 is 1.94 bits per heavy atom. The lowest BCUT2D eigenvalue weighted by atomic mass is 10.1. The maximum absolute atomic E-state index is 12.8. The van der Waals surface area contributed by atoms with Gasteiger partial charge in [0.05, 0.1) is 12.5 Å². The smallest absolute Gasteiger partial charge is 0.324 e. The number of amides is 4. The number of rotatable bonds is 10. The number of imide groups is 1. The predicted molar refractivity (Wildman–Crippen MR) is 126 cm³/mol. The Balaban J connectivity index is 1.39. The molecular weight excluding hydrogens is 440 g/mol. The Hall–Kier alpha value is -3.40. The number of fused-ring (bicyclic) bond motifs is 1. The van der Waals surface area contributed by atoms with Crippen molar-refractivity contribution < 1.29 is 14.4 Å². The minimum atomic E-state index is -0.871. The molecule has 2 aromatic heterocycles. The molecule has 4 rings (SSSR count). The van der Waals surface area contributed by atoms with E-state index < -0.39 is 12.1 Å². The van der Waals surface area contributed by atoms with Crippen LogP contribution in [0.3, 0.4) is 0 Å². The topological polar surface area (TPSA) is 109 Å². The molecule has 172 valence electrons. The molecule has 1 saturated heterocycles. The highest BCUT2D eigenvalue weighted by atomic mass is 32.2. The molecule has 33 heavy (non-hydrogen) atoms. The van der Waals surface area contributed by atoms with Gasteiger partial charge in [-0.2, -0.15) is 11.8 Å². The zero-order chi connectivity index (χ0) is 23.2. The normalized spacial score (nSPS) is 16.8. The first-order valence-corrected chi connectivity index (χ1v) is 12.2. The monoisotopic (exact) mass is 466 g/mol. The van der Waals surface area contributed by atoms with Crippen molar-refractivity contribution in [2.75, 3.05) is 18.6 Å². The molecule has 10 heteroatoms. The molecule has 1 fully saturated rings. The van der Waals surface area contributed by atoms with E-state index in [1.54, 1.807) is 11.8 Å². The van der Waals surface area contributed by atoms with E-state index >= 15 is 0 Å². The van der Waals surface area contributed by atoms with Gasteiger partial charge in [0.2, 0.25) is 5.91 Å². The Labute approximate surface area is 195 Å². The van der Waals surface area contributed by atoms with Crippen LogP contribution in [0.5, 0.6) is 0 Å². The van der Waals surface area contributed by atoms with Gasteiger partial charge in [-0.05, 0) is 42.5 Å². The van der Waals surface area contributed by atoms with Crippen LogP contribution in [-0.2, 0) is 16.0 Å². The SMILES string of the molecule is CSCC[C@@H](NC(=O)C[C@@H]1NC(=O)N(CCc2ccccc2)C1=O)c1nnc2ccccn12. The summed E-state index contributed by atoms with van der Waals surface area (Å²) >= 11 is 1.67. The molecule has 0 bridgehead atoms. The Morgan fingerprint density at radius 3 is 2.73 bits per heavy atom. The summed E-state index contributed by atoms with van der Waals surface area (Å²) in [4.78, 5) is 39.1. The van der Waals surface area contributed by atoms with Crippen LogP contribution in [-0.4, -0.2) is 61.9 Å². The summed E-state index contributed by atoms with van der Waals surface area (Å²) < 4.78 is 1.85. The first-order chi connectivity index (χ1) is 16.1. The second-order valence-electron chi connectivity index (χ2n) is 7.82. The van der Waals surface area contributed by atoms with Gasteiger partial charge < -0.3 is 10.6 Å². The van der Waals surface area contributed by atoms with Crippen LogP contribution < -0.4 is 10.6 Å². The molecule has 1 aromatic carbocycles. The van der Waals surface area contributed by atoms with Crippen molar-refractivity contribution in [3.05, 3.63) is 66.1 Å². The van der Waals surface area contributed by atoms with Gasteiger partial charge in [-0.1, -0.05) is 36.4 Å². The number of pyridine rings is 1. The summed E-state index contributed by atoms with van der Waals surface area (Å²) in [5.41, 5.74) is 1.74. The summed E-state index contributed by atoms with van der Waals surface area (Å²) in [6, 6.07) is 13.6. The molecule has 3 heterocycles. The fraction of sp³-hybridized carbons (Fsp3) is 0.348. The number of nitrogens with one attached hydrogen (secondary N) is 2. The zero-order valence-electron chi connectivity index (χ0n) is 18.3. The average molecular weight is 467 g/mol. The molecule has 4 amide bonds. The summed E-state index contributed by atoms with van der Waals surface area (Å²) in [6.45, 7) is 0.273. The average Bonchev–Trinajstić information content (AvgIpc) is 3.36. The highest BCUT2D eigenvalue weighted by Crippen LogP contribution is 2.19. The molecule has 2 atom stereocenters. The number of nitrogens with zero attached hydrogens (tertiary/aromatic N) is 4. The number of carbonyl (C=O) groups excluding carboxylic acids is 3. The number of hydrogen-bond acceptors (Lipinski definition) is 6. The fourth-order valence-electron chi connectivity index (χ4n) is 3.85. The highest BCUT2D eigenvalue weighted by molar-refractivity contribution is 7.98. The van der Waals surface area contributed by atoms with Crippen molar-refractivity contribution in [1.82, 2.24) is 30.1 Å². The minimum Gasteiger partial charge on any atom is -0.346 e. The van der Waals surface area contributed by atoms with Crippen molar-refractivity contribution in [3.8, 4) is 0 Å². The molecule has 3 aromatic rings. The standard InChI is InChI=1S/C23H26N6O3S/c1-33-14-11-17(21-27-26-19-9-5-6-12-28(19)21)24-20(30)15-18-22(31)29(23(32)25-18)13-10-16-7-3-2-4-8-16/h2-9,12,17-18H,10-11,13-15H2,1H3,(H,24,30)(H,25,32)/t17-,18+/m1/s1. The van der Waals surface area contributed by atoms with Gasteiger partial charge in [0.1, 0.15) is 6.04 Å². The summed E-state index contributed by atoms with van der Waals surface area (Å²) in [6.07, 6.45) is 4.96. The lowest BCUT2D eigenvalue weighted by molar-refractivity contribution is -0.131. The van der Waals surface area contributed by atoms with Gasteiger partial charge in [-0.3, -0.25) is 18.9 Å². The lowest BCUT2D eigenvalue weighted by Crippen LogP contribution is -2.38. The number of benzene rings is 1. The minimum absolute atomic E-state index is 0.126. The lowest BCUT2D eigenvalue weighted by Gasteiger charge is -2.18. The maximum atomic E-state index is 12.8. The van der Waals surface area contributed by atoms with Gasteiger partial charge in [-0.15, -0.1) is 10.2 Å². The molecule has 0 unspecified atom stereocenters. The largest absolute Gasteiger partial charge is 0.346 e. The van der Waals surface area contributed by atoms with E-state index in [4.69, 9.17) is 0 Å². The molecule has 0 aliphatic carbocycles. The van der Waals surface area contributed by atoms with Crippen LogP contribution in [0.15, 0.2) is 54.7 Å². The molecule has 0 saturated carbocycles. The molecule has 0 radical (unpaired) electrons. The summed E-state index contributed by atoms with van der Waals surface area (Å²) in [5, 5.41) is 14.1. The number of hydrogen-bond donors (Lipinski definition) is 2. The van der Waals surface area contributed by atoms with E-state index in [1.165, 1.54) is 4.90 Å². The molecule has 1 aliphatic heterocycles. The zero-order valence-corrected chi connectivity index (χ0v) is 19.1. The fourth-order valence-corrected chi connectivity index (χ4v) is 4.32. The third kappa shape index (κ3) is 5.33. The van der Waals surface area contributed by atoms with Crippen LogP contribution in [0.25, 0.3) is 5.65 Å². The number of urea groups is 1. The quantitative estimate of drug-likeness (QED) is 0.444. The number of aromatic nitrogens is 3. The van der Waals surface area contributed by atoms with E-state index in [0.29, 0.717) is 24.3 Å². The van der Waals surface area contributed by atoms with Crippen LogP contribution in [0.4, 0.5) is 4.79 Å². The Kier molecular flexibility index (Phi) is 7.23. The van der Waals surface area contributed by atoms with Crippen molar-refractivity contribution in [2.24, 2.45) is 0 Å². The van der Waals surface area contributed by atoms with Gasteiger partial charge in [0, 0.05) is 12.7 Å². The van der Waals surface area contributed by atoms with Crippen LogP contribution in [0, 0.1) is 0 Å². The van der Waals surface area contributed by atoms with E-state index in [-0.39, 0.29) is 30.8 Å². The molecule has 9 nitrogen and oxygen atoms in total. The van der Waals surface area contributed by atoms with Crippen LogP contribution >= 0.6 is 11.8 Å². The maximum Gasteiger partial charge on any atom is 0.324 e. The molecule has 1 aliphatic rings. The summed E-state index contributed by atoms with van der Waals surface area (Å²) in [5.74, 6) is 0.760. The first kappa shape index (κ1) is 22.8. The third-order valence-corrected chi connectivity index (χ3v) is 6.21. The van der Waals surface area contributed by atoms with E-state index in [1.807, 2.05) is 65.4 Å². The molecule has 2 N–H and O–H groups in total. The highest BCUT2D eigenvalue weighted by Gasteiger charge is 2.39. The predicted octanol–water partition coefficient (Wildman–Crippen LogP) is 2.19. The van der Waals surface area contributed by atoms with E-state index in [0.717, 1.165) is 11.3 Å². The Morgan fingerprint density at radius 1 is 1.15 bits per heavy atom. The van der Waals surface area contributed by atoms with Gasteiger partial charge in [0.15, 0.2) is 11.5 Å². The van der Waals surface area contributed by atoms with Crippen molar-refractivity contribution in [1.29, 1.82) is 0 Å². The number of carbonyl (C=O) groups is 3. The van der Waals surface area contributed by atoms with Crippen molar-refractivity contribution in [2.45, 2.75) is 31.3 Å². The number of thioether (sulfide) groups is 1. The van der Waals surface area contributed by atoms with E-state index in [2.05, 4.69) is 20.8 Å². The van der Waals surface area contributed by atoms with Gasteiger partial charge in [0.25, 0.3) is 5.91 Å². The molecule has 0 spiro atoms. The van der Waals surface area contributed by atoms with Gasteiger partial charge in [-0.25, -0.2) is 4.79 Å². The van der Waals surface area contributed by atoms with Gasteiger partial charge >= 0.3 is 6.03 Å². The van der Waals surface area contributed by atoms with Crippen LogP contribution in [0.2, 0.25) is 0 Å². The summed E-state index contributed by atoms with van der Waals surface area (Å²) in [7, 11) is 0. The second kappa shape index (κ2) is 10.5. The third-order valence-electron chi connectivity index (χ3n) is 5.56. The first-order valence-electron chi connectivity index (χ1n) is 10.8.